The number of nitrogens with zero attached hydrogens (tertiary/aromatic N) is 2. The number of carbonyl (C=O) groups is 2. The molecule has 0 bridgehead atoms. The summed E-state index contributed by atoms with van der Waals surface area (Å²) in [5, 5.41) is 0. The number of hydrogen-bond donors (Lipinski definition) is 0. The molecule has 0 aliphatic carbocycles. The summed E-state index contributed by atoms with van der Waals surface area (Å²) in [6.45, 7) is 6.10. The highest BCUT2D eigenvalue weighted by Gasteiger charge is 2.40. The van der Waals surface area contributed by atoms with Gasteiger partial charge in [-0.1, -0.05) is 57.0 Å². The average Bonchev–Trinajstić information content (AvgIpc) is 2.74. The van der Waals surface area contributed by atoms with Crippen molar-refractivity contribution in [2.45, 2.75) is 45.7 Å². The smallest absolute Gasteiger partial charge is 0.355 e. The van der Waals surface area contributed by atoms with Crippen molar-refractivity contribution >= 4 is 11.9 Å². The van der Waals surface area contributed by atoms with E-state index in [4.69, 9.17) is 9.47 Å². The third-order valence-electron chi connectivity index (χ3n) is 5.04. The first-order valence-corrected chi connectivity index (χ1v) is 10.0. The Balaban J connectivity index is 2.62. The number of rotatable bonds is 9. The molecule has 1 atom stereocenters. The lowest BCUT2D eigenvalue weighted by atomic mass is 10.0. The highest BCUT2D eigenvalue weighted by atomic mass is 16.5. The lowest BCUT2D eigenvalue weighted by Gasteiger charge is -2.46. The van der Waals surface area contributed by atoms with Gasteiger partial charge in [-0.2, -0.15) is 0 Å². The van der Waals surface area contributed by atoms with Gasteiger partial charge in [0, 0.05) is 19.6 Å². The first-order chi connectivity index (χ1) is 13.6. The van der Waals surface area contributed by atoms with Gasteiger partial charge in [0.05, 0.1) is 19.8 Å². The topological polar surface area (TPSA) is 59.1 Å². The maximum atomic E-state index is 12.7. The monoisotopic (exact) mass is 388 g/mol. The SMILES string of the molecule is CCCCN1CC(C(=O)OC)=C(C(=O)OC)N(CCCC)C1c1ccccc1. The number of benzene rings is 1. The molecule has 6 nitrogen and oxygen atoms in total. The molecule has 1 aliphatic heterocycles. The molecule has 1 aliphatic rings. The van der Waals surface area contributed by atoms with E-state index in [1.54, 1.807) is 0 Å². The fourth-order valence-corrected chi connectivity index (χ4v) is 3.62. The van der Waals surface area contributed by atoms with Crippen LogP contribution in [0.1, 0.15) is 51.3 Å². The second-order valence-electron chi connectivity index (χ2n) is 6.97. The van der Waals surface area contributed by atoms with Gasteiger partial charge in [0.25, 0.3) is 0 Å². The van der Waals surface area contributed by atoms with E-state index in [0.29, 0.717) is 24.4 Å². The minimum absolute atomic E-state index is 0.123. The molecule has 154 valence electrons. The average molecular weight is 389 g/mol. The molecule has 1 heterocycles. The third kappa shape index (κ3) is 4.93. The van der Waals surface area contributed by atoms with E-state index in [9.17, 15) is 9.59 Å². The third-order valence-corrected chi connectivity index (χ3v) is 5.04. The highest BCUT2D eigenvalue weighted by molar-refractivity contribution is 6.00. The summed E-state index contributed by atoms with van der Waals surface area (Å²) in [5.74, 6) is -0.970. The molecule has 0 N–H and O–H groups in total. The molecule has 6 heteroatoms. The summed E-state index contributed by atoms with van der Waals surface area (Å²) in [6, 6.07) is 10.1. The molecule has 0 saturated heterocycles. The first kappa shape index (κ1) is 22.0. The quantitative estimate of drug-likeness (QED) is 0.604. The summed E-state index contributed by atoms with van der Waals surface area (Å²) < 4.78 is 10.1. The molecule has 28 heavy (non-hydrogen) atoms. The van der Waals surface area contributed by atoms with Crippen LogP contribution >= 0.6 is 0 Å². The Morgan fingerprint density at radius 3 is 2.14 bits per heavy atom. The predicted molar refractivity (Wildman–Crippen MR) is 108 cm³/mol. The van der Waals surface area contributed by atoms with E-state index in [-0.39, 0.29) is 6.17 Å². The van der Waals surface area contributed by atoms with Crippen LogP contribution in [0.5, 0.6) is 0 Å². The molecule has 0 fully saturated rings. The molecule has 1 aromatic carbocycles. The number of unbranched alkanes of at least 4 members (excludes halogenated alkanes) is 2. The Bertz CT molecular complexity index is 687. The van der Waals surface area contributed by atoms with Crippen molar-refractivity contribution in [3.05, 3.63) is 47.2 Å². The number of hydrogen-bond acceptors (Lipinski definition) is 6. The molecular weight excluding hydrogens is 356 g/mol. The molecular formula is C22H32N2O4. The Labute approximate surface area is 168 Å². The van der Waals surface area contributed by atoms with Crippen molar-refractivity contribution in [3.63, 3.8) is 0 Å². The molecule has 0 spiro atoms. The zero-order valence-electron chi connectivity index (χ0n) is 17.4. The van der Waals surface area contributed by atoms with Gasteiger partial charge in [0.15, 0.2) is 0 Å². The van der Waals surface area contributed by atoms with Crippen LogP contribution in [-0.2, 0) is 19.1 Å². The molecule has 1 aromatic rings. The molecule has 0 saturated carbocycles. The van der Waals surface area contributed by atoms with Crippen LogP contribution in [0.15, 0.2) is 41.6 Å². The van der Waals surface area contributed by atoms with Gasteiger partial charge < -0.3 is 14.4 Å². The van der Waals surface area contributed by atoms with Crippen molar-refractivity contribution in [2.24, 2.45) is 0 Å². The summed E-state index contributed by atoms with van der Waals surface area (Å²) >= 11 is 0. The lowest BCUT2D eigenvalue weighted by molar-refractivity contribution is -0.143. The molecule has 0 radical (unpaired) electrons. The van der Waals surface area contributed by atoms with Crippen LogP contribution in [0.3, 0.4) is 0 Å². The maximum Gasteiger partial charge on any atom is 0.355 e. The van der Waals surface area contributed by atoms with E-state index >= 15 is 0 Å². The van der Waals surface area contributed by atoms with E-state index in [2.05, 4.69) is 30.9 Å². The highest BCUT2D eigenvalue weighted by Crippen LogP contribution is 2.36. The number of ether oxygens (including phenoxy) is 2. The second-order valence-corrected chi connectivity index (χ2v) is 6.97. The van der Waals surface area contributed by atoms with Gasteiger partial charge in [-0.25, -0.2) is 9.59 Å². The molecule has 2 rings (SSSR count). The zero-order valence-corrected chi connectivity index (χ0v) is 17.4. The van der Waals surface area contributed by atoms with Crippen molar-refractivity contribution in [3.8, 4) is 0 Å². The Hall–Kier alpha value is -2.34. The molecule has 0 aromatic heterocycles. The summed E-state index contributed by atoms with van der Waals surface area (Å²) in [5.41, 5.74) is 1.79. The molecule has 0 amide bonds. The Morgan fingerprint density at radius 1 is 0.964 bits per heavy atom. The summed E-state index contributed by atoms with van der Waals surface area (Å²) in [7, 11) is 2.70. The van der Waals surface area contributed by atoms with Crippen LogP contribution in [0.25, 0.3) is 0 Å². The van der Waals surface area contributed by atoms with Crippen molar-refractivity contribution in [1.82, 2.24) is 9.80 Å². The normalized spacial score (nSPS) is 17.6. The number of carbonyl (C=O) groups excluding carboxylic acids is 2. The van der Waals surface area contributed by atoms with E-state index < -0.39 is 11.9 Å². The van der Waals surface area contributed by atoms with Crippen molar-refractivity contribution in [1.29, 1.82) is 0 Å². The van der Waals surface area contributed by atoms with Gasteiger partial charge in [0.1, 0.15) is 11.9 Å². The standard InChI is InChI=1S/C22H32N2O4/c1-5-7-14-23-16-18(21(25)27-3)19(22(26)28-4)24(15-8-6-2)20(23)17-12-10-9-11-13-17/h9-13,20H,5-8,14-16H2,1-4H3. The van der Waals surface area contributed by atoms with Gasteiger partial charge in [0.2, 0.25) is 0 Å². The van der Waals surface area contributed by atoms with Gasteiger partial charge in [-0.15, -0.1) is 0 Å². The summed E-state index contributed by atoms with van der Waals surface area (Å²) in [6.07, 6.45) is 3.82. The van der Waals surface area contributed by atoms with E-state index in [0.717, 1.165) is 37.8 Å². The zero-order chi connectivity index (χ0) is 20.5. The van der Waals surface area contributed by atoms with Crippen LogP contribution in [0, 0.1) is 0 Å². The fourth-order valence-electron chi connectivity index (χ4n) is 3.62. The van der Waals surface area contributed by atoms with E-state index in [1.807, 2.05) is 23.1 Å². The maximum absolute atomic E-state index is 12.7. The molecule has 1 unspecified atom stereocenters. The van der Waals surface area contributed by atoms with Crippen molar-refractivity contribution < 1.29 is 19.1 Å². The number of methoxy groups -OCH3 is 2. The predicted octanol–water partition coefficient (Wildman–Crippen LogP) is 3.50. The van der Waals surface area contributed by atoms with Crippen LogP contribution < -0.4 is 0 Å². The van der Waals surface area contributed by atoms with Gasteiger partial charge >= 0.3 is 11.9 Å². The van der Waals surface area contributed by atoms with E-state index in [1.165, 1.54) is 14.2 Å². The largest absolute Gasteiger partial charge is 0.466 e. The minimum Gasteiger partial charge on any atom is -0.466 e. The lowest BCUT2D eigenvalue weighted by Crippen LogP contribution is -2.50. The van der Waals surface area contributed by atoms with Crippen LogP contribution in [0.2, 0.25) is 0 Å². The number of esters is 2. The van der Waals surface area contributed by atoms with Crippen LogP contribution in [0.4, 0.5) is 0 Å². The van der Waals surface area contributed by atoms with Crippen LogP contribution in [-0.4, -0.2) is 55.6 Å². The second kappa shape index (κ2) is 10.9. The fraction of sp³-hybridized carbons (Fsp3) is 0.545. The van der Waals surface area contributed by atoms with Gasteiger partial charge in [-0.05, 0) is 18.4 Å². The Morgan fingerprint density at radius 2 is 1.57 bits per heavy atom. The Kier molecular flexibility index (Phi) is 8.51. The first-order valence-electron chi connectivity index (χ1n) is 10.0. The summed E-state index contributed by atoms with van der Waals surface area (Å²) in [4.78, 5) is 29.5. The minimum atomic E-state index is -0.493. The van der Waals surface area contributed by atoms with Gasteiger partial charge in [-0.3, -0.25) is 4.90 Å². The van der Waals surface area contributed by atoms with Crippen molar-refractivity contribution in [2.75, 3.05) is 33.9 Å².